The first-order chi connectivity index (χ1) is 9.38. The molecule has 1 heterocycles. The molecule has 4 nitrogen and oxygen atoms in total. The molecule has 0 spiro atoms. The van der Waals surface area contributed by atoms with Crippen LogP contribution < -0.4 is 10.2 Å². The van der Waals surface area contributed by atoms with Crippen molar-refractivity contribution in [2.45, 2.75) is 43.7 Å². The monoisotopic (exact) mass is 296 g/mol. The van der Waals surface area contributed by atoms with Gasteiger partial charge in [0.05, 0.1) is 4.90 Å². The molecule has 1 N–H and O–H groups in total. The van der Waals surface area contributed by atoms with Gasteiger partial charge in [0.2, 0.25) is 0 Å². The Bertz CT molecular complexity index is 531. The fourth-order valence-electron chi connectivity index (χ4n) is 2.65. The maximum atomic E-state index is 11.5. The molecular weight excluding hydrogens is 272 g/mol. The highest BCUT2D eigenvalue weighted by atomic mass is 32.2. The maximum Gasteiger partial charge on any atom is 0.175 e. The van der Waals surface area contributed by atoms with Gasteiger partial charge in [-0.25, -0.2) is 8.42 Å². The highest BCUT2D eigenvalue weighted by molar-refractivity contribution is 7.90. The summed E-state index contributed by atoms with van der Waals surface area (Å²) in [4.78, 5) is 2.71. The first-order valence-electron chi connectivity index (χ1n) is 7.18. The topological polar surface area (TPSA) is 49.4 Å². The van der Waals surface area contributed by atoms with Crippen molar-refractivity contribution in [2.75, 3.05) is 24.2 Å². The predicted octanol–water partition coefficient (Wildman–Crippen LogP) is 2.06. The molecule has 0 aliphatic carbocycles. The van der Waals surface area contributed by atoms with Crippen molar-refractivity contribution in [3.05, 3.63) is 24.3 Å². The van der Waals surface area contributed by atoms with Gasteiger partial charge in [0.1, 0.15) is 0 Å². The molecule has 1 aliphatic heterocycles. The summed E-state index contributed by atoms with van der Waals surface area (Å²) < 4.78 is 23.0. The largest absolute Gasteiger partial charge is 0.368 e. The van der Waals surface area contributed by atoms with Crippen LogP contribution in [-0.4, -0.2) is 39.8 Å². The number of anilines is 1. The Morgan fingerprint density at radius 1 is 1.30 bits per heavy atom. The molecule has 5 heteroatoms. The van der Waals surface area contributed by atoms with Gasteiger partial charge in [-0.1, -0.05) is 0 Å². The molecule has 0 amide bonds. The van der Waals surface area contributed by atoms with E-state index in [9.17, 15) is 8.42 Å². The highest BCUT2D eigenvalue weighted by Crippen LogP contribution is 2.21. The van der Waals surface area contributed by atoms with E-state index in [1.54, 1.807) is 12.1 Å². The average Bonchev–Trinajstić information content (AvgIpc) is 2.87. The van der Waals surface area contributed by atoms with E-state index in [0.717, 1.165) is 18.8 Å². The van der Waals surface area contributed by atoms with Gasteiger partial charge in [-0.3, -0.25) is 0 Å². The normalized spacial score (nSPS) is 19.5. The Morgan fingerprint density at radius 3 is 2.40 bits per heavy atom. The van der Waals surface area contributed by atoms with Gasteiger partial charge < -0.3 is 10.2 Å². The molecule has 1 atom stereocenters. The summed E-state index contributed by atoms with van der Waals surface area (Å²) in [5.74, 6) is 0. The quantitative estimate of drug-likeness (QED) is 0.903. The lowest BCUT2D eigenvalue weighted by Crippen LogP contribution is -2.41. The number of sulfone groups is 1. The van der Waals surface area contributed by atoms with Crippen LogP contribution in [0.15, 0.2) is 29.2 Å². The zero-order chi connectivity index (χ0) is 14.8. The summed E-state index contributed by atoms with van der Waals surface area (Å²) in [5.41, 5.74) is 1.08. The van der Waals surface area contributed by atoms with Crippen LogP contribution in [0.3, 0.4) is 0 Å². The Labute approximate surface area is 122 Å². The van der Waals surface area contributed by atoms with Gasteiger partial charge in [-0.2, -0.15) is 0 Å². The van der Waals surface area contributed by atoms with Gasteiger partial charge in [0, 0.05) is 30.6 Å². The number of nitrogens with one attached hydrogen (secondary N) is 1. The number of benzene rings is 1. The van der Waals surface area contributed by atoms with E-state index in [2.05, 4.69) is 24.1 Å². The summed E-state index contributed by atoms with van der Waals surface area (Å²) in [7, 11) is -3.12. The molecule has 1 aromatic carbocycles. The third-order valence-electron chi connectivity index (χ3n) is 3.80. The van der Waals surface area contributed by atoms with E-state index in [-0.39, 0.29) is 0 Å². The van der Waals surface area contributed by atoms with Crippen LogP contribution in [0.25, 0.3) is 0 Å². The van der Waals surface area contributed by atoms with Crippen molar-refractivity contribution in [2.24, 2.45) is 0 Å². The molecule has 112 valence electrons. The molecule has 1 aromatic rings. The summed E-state index contributed by atoms with van der Waals surface area (Å²) in [6, 6.07) is 8.13. The first-order valence-corrected chi connectivity index (χ1v) is 9.07. The van der Waals surface area contributed by atoms with E-state index >= 15 is 0 Å². The minimum Gasteiger partial charge on any atom is -0.368 e. The Balaban J connectivity index is 2.16. The van der Waals surface area contributed by atoms with Gasteiger partial charge in [-0.15, -0.1) is 0 Å². The van der Waals surface area contributed by atoms with Crippen LogP contribution in [0.2, 0.25) is 0 Å². The predicted molar refractivity (Wildman–Crippen MR) is 83.1 cm³/mol. The lowest BCUT2D eigenvalue weighted by Gasteiger charge is -2.31. The van der Waals surface area contributed by atoms with Crippen LogP contribution in [0.5, 0.6) is 0 Å². The van der Waals surface area contributed by atoms with E-state index in [0.29, 0.717) is 17.0 Å². The van der Waals surface area contributed by atoms with Crippen LogP contribution >= 0.6 is 0 Å². The van der Waals surface area contributed by atoms with Crippen LogP contribution in [0, 0.1) is 0 Å². The minimum absolute atomic E-state index is 0.379. The second-order valence-corrected chi connectivity index (χ2v) is 7.82. The SMILES string of the molecule is CC(C)N(CC1CCCN1)c1ccc(S(C)(=O)=O)cc1. The van der Waals surface area contributed by atoms with E-state index < -0.39 is 9.84 Å². The Morgan fingerprint density at radius 2 is 1.95 bits per heavy atom. The molecule has 1 unspecified atom stereocenters. The molecule has 1 aliphatic rings. The van der Waals surface area contributed by atoms with Crippen molar-refractivity contribution in [1.82, 2.24) is 5.32 Å². The van der Waals surface area contributed by atoms with Crippen LogP contribution in [0.4, 0.5) is 5.69 Å². The third kappa shape index (κ3) is 3.73. The summed E-state index contributed by atoms with van der Waals surface area (Å²) in [5, 5.41) is 3.51. The van der Waals surface area contributed by atoms with Crippen molar-refractivity contribution < 1.29 is 8.42 Å². The molecular formula is C15H24N2O2S. The van der Waals surface area contributed by atoms with Gasteiger partial charge in [0.25, 0.3) is 0 Å². The van der Waals surface area contributed by atoms with E-state index in [1.165, 1.54) is 19.1 Å². The molecule has 0 aromatic heterocycles. The Hall–Kier alpha value is -1.07. The molecule has 0 saturated carbocycles. The molecule has 1 fully saturated rings. The lowest BCUT2D eigenvalue weighted by atomic mass is 10.1. The molecule has 2 rings (SSSR count). The zero-order valence-corrected chi connectivity index (χ0v) is 13.3. The molecule has 20 heavy (non-hydrogen) atoms. The Kier molecular flexibility index (Phi) is 4.70. The van der Waals surface area contributed by atoms with Crippen molar-refractivity contribution >= 4 is 15.5 Å². The summed E-state index contributed by atoms with van der Waals surface area (Å²) >= 11 is 0. The third-order valence-corrected chi connectivity index (χ3v) is 4.93. The fourth-order valence-corrected chi connectivity index (χ4v) is 3.28. The second-order valence-electron chi connectivity index (χ2n) is 5.81. The maximum absolute atomic E-state index is 11.5. The fraction of sp³-hybridized carbons (Fsp3) is 0.600. The summed E-state index contributed by atoms with van der Waals surface area (Å²) in [6.45, 7) is 6.40. The molecule has 0 radical (unpaired) electrons. The summed E-state index contributed by atoms with van der Waals surface area (Å²) in [6.07, 6.45) is 3.69. The van der Waals surface area contributed by atoms with E-state index in [4.69, 9.17) is 0 Å². The van der Waals surface area contributed by atoms with Gasteiger partial charge >= 0.3 is 0 Å². The van der Waals surface area contributed by atoms with Crippen molar-refractivity contribution in [3.8, 4) is 0 Å². The highest BCUT2D eigenvalue weighted by Gasteiger charge is 2.20. The standard InChI is InChI=1S/C15H24N2O2S/c1-12(2)17(11-13-5-4-10-16-13)14-6-8-15(9-7-14)20(3,18)19/h6-9,12-13,16H,4-5,10-11H2,1-3H3. The molecule has 1 saturated heterocycles. The molecule has 0 bridgehead atoms. The number of hydrogen-bond donors (Lipinski definition) is 1. The number of rotatable bonds is 5. The average molecular weight is 296 g/mol. The van der Waals surface area contributed by atoms with Gasteiger partial charge in [0.15, 0.2) is 9.84 Å². The van der Waals surface area contributed by atoms with Gasteiger partial charge in [-0.05, 0) is 57.5 Å². The first kappa shape index (κ1) is 15.3. The van der Waals surface area contributed by atoms with E-state index in [1.807, 2.05) is 12.1 Å². The van der Waals surface area contributed by atoms with Crippen molar-refractivity contribution in [3.63, 3.8) is 0 Å². The van der Waals surface area contributed by atoms with Crippen LogP contribution in [-0.2, 0) is 9.84 Å². The zero-order valence-electron chi connectivity index (χ0n) is 12.5. The smallest absolute Gasteiger partial charge is 0.175 e. The minimum atomic E-state index is -3.12. The number of hydrogen-bond acceptors (Lipinski definition) is 4. The van der Waals surface area contributed by atoms with Crippen LogP contribution in [0.1, 0.15) is 26.7 Å². The second kappa shape index (κ2) is 6.14. The lowest BCUT2D eigenvalue weighted by molar-refractivity contribution is 0.552. The number of nitrogens with zero attached hydrogens (tertiary/aromatic N) is 1. The van der Waals surface area contributed by atoms with Crippen molar-refractivity contribution in [1.29, 1.82) is 0 Å².